The Bertz CT molecular complexity index is 1290. The second-order valence-corrected chi connectivity index (χ2v) is 8.44. The van der Waals surface area contributed by atoms with E-state index in [0.29, 0.717) is 22.4 Å². The molecule has 0 radical (unpaired) electrons. The summed E-state index contributed by atoms with van der Waals surface area (Å²) in [5.74, 6) is -0.929. The maximum absolute atomic E-state index is 13.6. The van der Waals surface area contributed by atoms with Crippen LogP contribution in [0.2, 0.25) is 0 Å². The standard InChI is InChI=1S/C26H25F6N3O2/c1-16(12-18-6-4-8-20(14-18)25(27,28)29)13-19-7-5-9-22(17(19)2)35-15-21(23(34-35)26(30,31)32)24(36)33-10-11-37-3/h4-9,13-15H,10-12H2,1-3H3,(H,33,36)/b16-13+. The van der Waals surface area contributed by atoms with Crippen LogP contribution < -0.4 is 5.32 Å². The van der Waals surface area contributed by atoms with Gasteiger partial charge < -0.3 is 10.1 Å². The van der Waals surface area contributed by atoms with Crippen molar-refractivity contribution in [1.29, 1.82) is 0 Å². The summed E-state index contributed by atoms with van der Waals surface area (Å²) in [7, 11) is 1.40. The van der Waals surface area contributed by atoms with Gasteiger partial charge in [0, 0.05) is 19.9 Å². The van der Waals surface area contributed by atoms with Gasteiger partial charge in [-0.15, -0.1) is 0 Å². The van der Waals surface area contributed by atoms with Crippen LogP contribution in [-0.4, -0.2) is 35.9 Å². The zero-order valence-corrected chi connectivity index (χ0v) is 20.3. The van der Waals surface area contributed by atoms with E-state index in [1.54, 1.807) is 44.2 Å². The number of carbonyl (C=O) groups is 1. The SMILES string of the molecule is COCCNC(=O)c1cn(-c2cccc(/C=C(\C)Cc3cccc(C(F)(F)F)c3)c2C)nc1C(F)(F)F. The number of amides is 1. The van der Waals surface area contributed by atoms with E-state index in [0.717, 1.165) is 28.6 Å². The molecule has 0 saturated heterocycles. The van der Waals surface area contributed by atoms with E-state index in [4.69, 9.17) is 4.74 Å². The van der Waals surface area contributed by atoms with Crippen molar-refractivity contribution in [2.75, 3.05) is 20.3 Å². The van der Waals surface area contributed by atoms with Crippen molar-refractivity contribution in [3.05, 3.63) is 87.7 Å². The molecule has 1 N–H and O–H groups in total. The van der Waals surface area contributed by atoms with Crippen molar-refractivity contribution in [3.63, 3.8) is 0 Å². The first-order chi connectivity index (χ1) is 17.3. The van der Waals surface area contributed by atoms with Gasteiger partial charge >= 0.3 is 12.4 Å². The van der Waals surface area contributed by atoms with Gasteiger partial charge in [-0.05, 0) is 49.1 Å². The molecular weight excluding hydrogens is 500 g/mol. The average molecular weight is 525 g/mol. The van der Waals surface area contributed by atoms with Crippen LogP contribution >= 0.6 is 0 Å². The molecule has 1 aromatic heterocycles. The van der Waals surface area contributed by atoms with E-state index in [1.165, 1.54) is 13.2 Å². The highest BCUT2D eigenvalue weighted by Gasteiger charge is 2.39. The Morgan fingerprint density at radius 3 is 2.43 bits per heavy atom. The highest BCUT2D eigenvalue weighted by Crippen LogP contribution is 2.33. The van der Waals surface area contributed by atoms with Gasteiger partial charge in [0.1, 0.15) is 0 Å². The maximum Gasteiger partial charge on any atom is 0.435 e. The molecule has 0 atom stereocenters. The molecule has 11 heteroatoms. The summed E-state index contributed by atoms with van der Waals surface area (Å²) in [5, 5.41) is 6.02. The lowest BCUT2D eigenvalue weighted by Gasteiger charge is -2.11. The Kier molecular flexibility index (Phi) is 8.47. The van der Waals surface area contributed by atoms with Gasteiger partial charge in [-0.1, -0.05) is 42.0 Å². The lowest BCUT2D eigenvalue weighted by molar-refractivity contribution is -0.141. The molecule has 0 aliphatic heterocycles. The average Bonchev–Trinajstić information content (AvgIpc) is 3.26. The monoisotopic (exact) mass is 525 g/mol. The Hall–Kier alpha value is -3.60. The number of alkyl halides is 6. The van der Waals surface area contributed by atoms with Crippen LogP contribution in [0, 0.1) is 6.92 Å². The quantitative estimate of drug-likeness (QED) is 0.280. The van der Waals surface area contributed by atoms with Gasteiger partial charge in [0.2, 0.25) is 0 Å². The predicted molar refractivity (Wildman–Crippen MR) is 126 cm³/mol. The number of halogens is 6. The fourth-order valence-corrected chi connectivity index (χ4v) is 3.78. The lowest BCUT2D eigenvalue weighted by Crippen LogP contribution is -2.28. The fraction of sp³-hybridized carbons (Fsp3) is 0.308. The van der Waals surface area contributed by atoms with E-state index in [1.807, 2.05) is 0 Å². The van der Waals surface area contributed by atoms with Crippen LogP contribution in [0.1, 0.15) is 45.2 Å². The largest absolute Gasteiger partial charge is 0.435 e. The maximum atomic E-state index is 13.6. The number of hydrogen-bond acceptors (Lipinski definition) is 3. The van der Waals surface area contributed by atoms with Crippen molar-refractivity contribution in [1.82, 2.24) is 15.1 Å². The normalized spacial score (nSPS) is 12.6. The molecular formula is C26H25F6N3O2. The third-order valence-electron chi connectivity index (χ3n) is 5.55. The summed E-state index contributed by atoms with van der Waals surface area (Å²) in [6.07, 6.45) is -6.27. The summed E-state index contributed by atoms with van der Waals surface area (Å²) in [6, 6.07) is 9.95. The summed E-state index contributed by atoms with van der Waals surface area (Å²) in [5.41, 5.74) is 0.0932. The zero-order valence-electron chi connectivity index (χ0n) is 20.3. The number of nitrogens with one attached hydrogen (secondary N) is 1. The number of aromatic nitrogens is 2. The van der Waals surface area contributed by atoms with Crippen molar-refractivity contribution in [2.24, 2.45) is 0 Å². The molecule has 2 aromatic carbocycles. The molecule has 0 saturated carbocycles. The lowest BCUT2D eigenvalue weighted by atomic mass is 9.99. The molecule has 198 valence electrons. The molecule has 0 unspecified atom stereocenters. The highest BCUT2D eigenvalue weighted by atomic mass is 19.4. The number of nitrogens with zero attached hydrogens (tertiary/aromatic N) is 2. The van der Waals surface area contributed by atoms with Gasteiger partial charge in [0.25, 0.3) is 5.91 Å². The smallest absolute Gasteiger partial charge is 0.383 e. The topological polar surface area (TPSA) is 56.1 Å². The highest BCUT2D eigenvalue weighted by molar-refractivity contribution is 5.95. The second-order valence-electron chi connectivity index (χ2n) is 8.44. The number of methoxy groups -OCH3 is 1. The Balaban J connectivity index is 1.93. The molecule has 0 aliphatic carbocycles. The summed E-state index contributed by atoms with van der Waals surface area (Å²) in [4.78, 5) is 12.4. The van der Waals surface area contributed by atoms with Crippen molar-refractivity contribution in [3.8, 4) is 5.69 Å². The number of carbonyl (C=O) groups excluding carboxylic acids is 1. The van der Waals surface area contributed by atoms with Crippen molar-refractivity contribution >= 4 is 12.0 Å². The molecule has 3 aromatic rings. The minimum atomic E-state index is -4.86. The number of ether oxygens (including phenoxy) is 1. The molecule has 0 bridgehead atoms. The van der Waals surface area contributed by atoms with Crippen LogP contribution in [0.15, 0.2) is 54.2 Å². The van der Waals surface area contributed by atoms with E-state index in [9.17, 15) is 31.1 Å². The van der Waals surface area contributed by atoms with Crippen LogP contribution in [-0.2, 0) is 23.5 Å². The van der Waals surface area contributed by atoms with Gasteiger partial charge in [0.15, 0.2) is 5.69 Å². The Morgan fingerprint density at radius 1 is 1.08 bits per heavy atom. The molecule has 0 fully saturated rings. The summed E-state index contributed by atoms with van der Waals surface area (Å²) >= 11 is 0. The van der Waals surface area contributed by atoms with E-state index >= 15 is 0 Å². The van der Waals surface area contributed by atoms with E-state index < -0.39 is 35.1 Å². The fourth-order valence-electron chi connectivity index (χ4n) is 3.78. The molecule has 0 aliphatic rings. The van der Waals surface area contributed by atoms with Gasteiger partial charge in [-0.25, -0.2) is 4.68 Å². The van der Waals surface area contributed by atoms with Gasteiger partial charge in [0.05, 0.1) is 23.4 Å². The van der Waals surface area contributed by atoms with Crippen LogP contribution in [0.4, 0.5) is 26.3 Å². The van der Waals surface area contributed by atoms with E-state index in [2.05, 4.69) is 10.4 Å². The molecule has 1 heterocycles. The first kappa shape index (κ1) is 28.0. The zero-order chi connectivity index (χ0) is 27.4. The Labute approximate surface area is 209 Å². The third kappa shape index (κ3) is 7.00. The molecule has 1 amide bonds. The van der Waals surface area contributed by atoms with Crippen LogP contribution in [0.5, 0.6) is 0 Å². The van der Waals surface area contributed by atoms with Crippen molar-refractivity contribution in [2.45, 2.75) is 32.6 Å². The van der Waals surface area contributed by atoms with Crippen molar-refractivity contribution < 1.29 is 35.9 Å². The first-order valence-electron chi connectivity index (χ1n) is 11.2. The van der Waals surface area contributed by atoms with Crippen LogP contribution in [0.3, 0.4) is 0 Å². The third-order valence-corrected chi connectivity index (χ3v) is 5.55. The number of rotatable bonds is 8. The molecule has 0 spiro atoms. The van der Waals surface area contributed by atoms with E-state index in [-0.39, 0.29) is 19.6 Å². The van der Waals surface area contributed by atoms with Crippen LogP contribution in [0.25, 0.3) is 11.8 Å². The number of benzene rings is 2. The Morgan fingerprint density at radius 2 is 1.78 bits per heavy atom. The molecule has 5 nitrogen and oxygen atoms in total. The first-order valence-corrected chi connectivity index (χ1v) is 11.2. The molecule has 37 heavy (non-hydrogen) atoms. The van der Waals surface area contributed by atoms with Gasteiger partial charge in [-0.2, -0.15) is 31.4 Å². The number of hydrogen-bond donors (Lipinski definition) is 1. The summed E-state index contributed by atoms with van der Waals surface area (Å²) < 4.78 is 85.7. The minimum Gasteiger partial charge on any atom is -0.383 e. The van der Waals surface area contributed by atoms with Gasteiger partial charge in [-0.3, -0.25) is 4.79 Å². The molecule has 3 rings (SSSR count). The predicted octanol–water partition coefficient (Wildman–Crippen LogP) is 6.24. The number of allylic oxidation sites excluding steroid dienone is 1. The second kappa shape index (κ2) is 11.2. The summed E-state index contributed by atoms with van der Waals surface area (Å²) in [6.45, 7) is 3.60. The minimum absolute atomic E-state index is 0.0300.